The van der Waals surface area contributed by atoms with Crippen LogP contribution < -0.4 is 11.2 Å². The van der Waals surface area contributed by atoms with Crippen LogP contribution in [0.15, 0.2) is 15.8 Å². The van der Waals surface area contributed by atoms with Crippen LogP contribution in [0.4, 0.5) is 5.69 Å². The van der Waals surface area contributed by atoms with Gasteiger partial charge in [-0.2, -0.15) is 0 Å². The third-order valence-electron chi connectivity index (χ3n) is 2.99. The van der Waals surface area contributed by atoms with Gasteiger partial charge >= 0.3 is 16.9 Å². The van der Waals surface area contributed by atoms with Crippen molar-refractivity contribution in [2.45, 2.75) is 46.2 Å². The van der Waals surface area contributed by atoms with Gasteiger partial charge in [0.25, 0.3) is 0 Å². The molecule has 1 aromatic rings. The zero-order valence-electron chi connectivity index (χ0n) is 11.5. The van der Waals surface area contributed by atoms with E-state index in [0.29, 0.717) is 12.8 Å². The second-order valence-electron chi connectivity index (χ2n) is 4.29. The molecule has 0 saturated heterocycles. The molecule has 1 heterocycles. The Morgan fingerprint density at radius 3 is 2.50 bits per heavy atom. The average Bonchev–Trinajstić information content (AvgIpc) is 2.42. The van der Waals surface area contributed by atoms with Crippen LogP contribution in [0.25, 0.3) is 0 Å². The van der Waals surface area contributed by atoms with E-state index in [2.05, 4.69) is 0 Å². The van der Waals surface area contributed by atoms with Crippen LogP contribution in [0.5, 0.6) is 0 Å². The maximum atomic E-state index is 12.0. The van der Waals surface area contributed by atoms with Gasteiger partial charge in [-0.05, 0) is 13.3 Å². The summed E-state index contributed by atoms with van der Waals surface area (Å²) in [6.45, 7) is 3.62. The highest BCUT2D eigenvalue weighted by atomic mass is 16.6. The fourth-order valence-corrected chi connectivity index (χ4v) is 1.80. The molecule has 0 fully saturated rings. The molecule has 0 radical (unpaired) electrons. The Kier molecular flexibility index (Phi) is 5.36. The highest BCUT2D eigenvalue weighted by molar-refractivity contribution is 5.77. The first kappa shape index (κ1) is 15.8. The van der Waals surface area contributed by atoms with Crippen molar-refractivity contribution in [3.63, 3.8) is 0 Å². The maximum absolute atomic E-state index is 12.0. The quantitative estimate of drug-likeness (QED) is 0.541. The van der Waals surface area contributed by atoms with Gasteiger partial charge in [-0.15, -0.1) is 0 Å². The van der Waals surface area contributed by atoms with E-state index >= 15 is 0 Å². The Morgan fingerprint density at radius 1 is 1.35 bits per heavy atom. The summed E-state index contributed by atoms with van der Waals surface area (Å²) in [4.78, 5) is 45.0. The zero-order valence-corrected chi connectivity index (χ0v) is 11.5. The number of nitro groups is 1. The number of carbonyl (C=O) groups excluding carboxylic acids is 1. The number of nitrogens with zero attached hydrogens (tertiary/aromatic N) is 3. The number of hydrogen-bond acceptors (Lipinski definition) is 5. The van der Waals surface area contributed by atoms with E-state index in [1.54, 1.807) is 13.8 Å². The lowest BCUT2D eigenvalue weighted by molar-refractivity contribution is -0.387. The molecule has 0 bridgehead atoms. The molecule has 0 unspecified atom stereocenters. The Labute approximate surface area is 114 Å². The molecule has 0 atom stereocenters. The molecule has 8 heteroatoms. The van der Waals surface area contributed by atoms with Crippen molar-refractivity contribution < 1.29 is 9.72 Å². The summed E-state index contributed by atoms with van der Waals surface area (Å²) in [7, 11) is 0. The van der Waals surface area contributed by atoms with Crippen molar-refractivity contribution in [1.82, 2.24) is 9.13 Å². The molecule has 0 aromatic carbocycles. The first-order valence-electron chi connectivity index (χ1n) is 6.42. The van der Waals surface area contributed by atoms with Gasteiger partial charge < -0.3 is 0 Å². The third kappa shape index (κ3) is 3.40. The summed E-state index contributed by atoms with van der Waals surface area (Å²) >= 11 is 0. The first-order chi connectivity index (χ1) is 9.42. The minimum atomic E-state index is -0.923. The van der Waals surface area contributed by atoms with E-state index in [-0.39, 0.29) is 25.3 Å². The zero-order chi connectivity index (χ0) is 15.3. The van der Waals surface area contributed by atoms with Crippen molar-refractivity contribution in [3.8, 4) is 0 Å². The molecular formula is C12H17N3O5. The van der Waals surface area contributed by atoms with Crippen LogP contribution in [-0.4, -0.2) is 19.8 Å². The minimum Gasteiger partial charge on any atom is -0.300 e. The van der Waals surface area contributed by atoms with Crippen molar-refractivity contribution in [1.29, 1.82) is 0 Å². The van der Waals surface area contributed by atoms with Crippen molar-refractivity contribution in [2.75, 3.05) is 0 Å². The Bertz CT molecular complexity index is 629. The van der Waals surface area contributed by atoms with Crippen molar-refractivity contribution in [2.24, 2.45) is 0 Å². The monoisotopic (exact) mass is 283 g/mol. The number of aryl methyl sites for hydroxylation is 1. The van der Waals surface area contributed by atoms with Crippen LogP contribution in [0.1, 0.15) is 33.1 Å². The van der Waals surface area contributed by atoms with E-state index in [4.69, 9.17) is 0 Å². The van der Waals surface area contributed by atoms with E-state index in [1.807, 2.05) is 0 Å². The largest absolute Gasteiger partial charge is 0.350 e. The topological polar surface area (TPSA) is 104 Å². The SMILES string of the molecule is CCC(=O)CCCn1c(=O)c([N+](=O)[O-])cn(CC)c1=O. The molecule has 20 heavy (non-hydrogen) atoms. The smallest absolute Gasteiger partial charge is 0.300 e. The highest BCUT2D eigenvalue weighted by Gasteiger charge is 2.19. The minimum absolute atomic E-state index is 0.00505. The number of Topliss-reactive ketones (excluding diaryl/α,β-unsaturated/α-hetero) is 1. The fraction of sp³-hybridized carbons (Fsp3) is 0.583. The van der Waals surface area contributed by atoms with Gasteiger partial charge in [0.15, 0.2) is 0 Å². The van der Waals surface area contributed by atoms with Gasteiger partial charge in [0, 0.05) is 25.9 Å². The second-order valence-corrected chi connectivity index (χ2v) is 4.29. The summed E-state index contributed by atoms with van der Waals surface area (Å²) in [5, 5.41) is 10.8. The summed E-state index contributed by atoms with van der Waals surface area (Å²) in [5.41, 5.74) is -2.14. The van der Waals surface area contributed by atoms with Crippen LogP contribution in [0.3, 0.4) is 0 Å². The van der Waals surface area contributed by atoms with Gasteiger partial charge in [-0.3, -0.25) is 28.8 Å². The van der Waals surface area contributed by atoms with Crippen LogP contribution in [-0.2, 0) is 17.9 Å². The molecule has 0 amide bonds. The lowest BCUT2D eigenvalue weighted by atomic mass is 10.2. The summed E-state index contributed by atoms with van der Waals surface area (Å²) in [6, 6.07) is 0. The summed E-state index contributed by atoms with van der Waals surface area (Å²) < 4.78 is 1.94. The second kappa shape index (κ2) is 6.78. The lowest BCUT2D eigenvalue weighted by Crippen LogP contribution is -2.40. The van der Waals surface area contributed by atoms with E-state index in [0.717, 1.165) is 15.3 Å². The van der Waals surface area contributed by atoms with Gasteiger partial charge in [0.1, 0.15) is 5.78 Å². The van der Waals surface area contributed by atoms with Gasteiger partial charge in [0.05, 0.1) is 11.1 Å². The Balaban J connectivity index is 3.14. The Hall–Kier alpha value is -2.25. The van der Waals surface area contributed by atoms with E-state index in [1.165, 1.54) is 0 Å². The van der Waals surface area contributed by atoms with Crippen molar-refractivity contribution >= 4 is 11.5 Å². The number of hydrogen-bond donors (Lipinski definition) is 0. The van der Waals surface area contributed by atoms with Crippen LogP contribution in [0, 0.1) is 10.1 Å². The van der Waals surface area contributed by atoms with Gasteiger partial charge in [-0.1, -0.05) is 6.92 Å². The molecule has 0 aliphatic carbocycles. The van der Waals surface area contributed by atoms with E-state index in [9.17, 15) is 24.5 Å². The highest BCUT2D eigenvalue weighted by Crippen LogP contribution is 2.02. The predicted octanol–water partition coefficient (Wildman–Crippen LogP) is 0.697. The molecule has 0 aliphatic rings. The first-order valence-corrected chi connectivity index (χ1v) is 6.42. The predicted molar refractivity (Wildman–Crippen MR) is 71.8 cm³/mol. The van der Waals surface area contributed by atoms with Gasteiger partial charge in [0.2, 0.25) is 0 Å². The summed E-state index contributed by atoms with van der Waals surface area (Å²) in [6.07, 6.45) is 1.91. The third-order valence-corrected chi connectivity index (χ3v) is 2.99. The Morgan fingerprint density at radius 2 is 2.00 bits per heavy atom. The van der Waals surface area contributed by atoms with E-state index < -0.39 is 21.9 Å². The van der Waals surface area contributed by atoms with Gasteiger partial charge in [-0.25, -0.2) is 4.79 Å². The normalized spacial score (nSPS) is 10.5. The molecule has 1 rings (SSSR count). The molecule has 0 aliphatic heterocycles. The van der Waals surface area contributed by atoms with Crippen LogP contribution >= 0.6 is 0 Å². The molecule has 0 N–H and O–H groups in total. The number of rotatable bonds is 7. The summed E-state index contributed by atoms with van der Waals surface area (Å²) in [5.74, 6) is 0.0271. The molecule has 0 saturated carbocycles. The fourth-order valence-electron chi connectivity index (χ4n) is 1.80. The molecular weight excluding hydrogens is 266 g/mol. The standard InChI is InChI=1S/C12H17N3O5/c1-3-9(16)6-5-7-14-11(17)10(15(19)20)8-13(4-2)12(14)18/h8H,3-7H2,1-2H3. The number of ketones is 1. The maximum Gasteiger partial charge on any atom is 0.350 e. The van der Waals surface area contributed by atoms with Crippen LogP contribution in [0.2, 0.25) is 0 Å². The molecule has 110 valence electrons. The van der Waals surface area contributed by atoms with Crippen molar-refractivity contribution in [3.05, 3.63) is 37.1 Å². The number of aromatic nitrogens is 2. The molecule has 0 spiro atoms. The lowest BCUT2D eigenvalue weighted by Gasteiger charge is -2.08. The molecule has 1 aromatic heterocycles. The molecule has 8 nitrogen and oxygen atoms in total. The number of carbonyl (C=O) groups is 1. The average molecular weight is 283 g/mol.